The molecule has 0 unspecified atom stereocenters. The summed E-state index contributed by atoms with van der Waals surface area (Å²) in [5, 5.41) is 6.10. The summed E-state index contributed by atoms with van der Waals surface area (Å²) in [6.45, 7) is 15.9. The van der Waals surface area contributed by atoms with Gasteiger partial charge in [0.1, 0.15) is 0 Å². The number of hydrogen-bond donors (Lipinski definition) is 2. The molecule has 2 amide bonds. The molecule has 1 aliphatic heterocycles. The second-order valence-electron chi connectivity index (χ2n) is 10.1. The van der Waals surface area contributed by atoms with Crippen molar-refractivity contribution in [1.82, 2.24) is 9.80 Å². The molecule has 1 saturated heterocycles. The molecule has 1 heterocycles. The zero-order valence-electron chi connectivity index (χ0n) is 20.9. The number of carbonyl (C=O) groups excluding carboxylic acids is 2. The Morgan fingerprint density at radius 1 is 0.909 bits per heavy atom. The Morgan fingerprint density at radius 3 is 2.03 bits per heavy atom. The smallest absolute Gasteiger partial charge is 0.241 e. The van der Waals surface area contributed by atoms with Gasteiger partial charge in [0.15, 0.2) is 0 Å². The number of carbonyl (C=O) groups is 2. The first-order valence-corrected chi connectivity index (χ1v) is 11.8. The Labute approximate surface area is 198 Å². The monoisotopic (exact) mass is 450 g/mol. The highest BCUT2D eigenvalue weighted by Gasteiger charge is 2.26. The third kappa shape index (κ3) is 6.65. The van der Waals surface area contributed by atoms with Gasteiger partial charge in [-0.2, -0.15) is 0 Å². The molecule has 1 fully saturated rings. The number of amides is 2. The summed E-state index contributed by atoms with van der Waals surface area (Å²) >= 11 is 0. The molecule has 2 N–H and O–H groups in total. The second kappa shape index (κ2) is 10.5. The highest BCUT2D eigenvalue weighted by Crippen LogP contribution is 2.24. The summed E-state index contributed by atoms with van der Waals surface area (Å²) in [4.78, 5) is 29.7. The van der Waals surface area contributed by atoms with Crippen molar-refractivity contribution in [3.63, 3.8) is 0 Å². The minimum absolute atomic E-state index is 0.000250. The van der Waals surface area contributed by atoms with Crippen LogP contribution in [-0.2, 0) is 15.0 Å². The molecule has 0 spiro atoms. The van der Waals surface area contributed by atoms with E-state index in [1.807, 2.05) is 51.1 Å². The van der Waals surface area contributed by atoms with Crippen molar-refractivity contribution < 1.29 is 9.59 Å². The van der Waals surface area contributed by atoms with E-state index in [1.54, 1.807) is 0 Å². The number of nitrogens with one attached hydrogen (secondary N) is 2. The van der Waals surface area contributed by atoms with E-state index in [0.717, 1.165) is 48.7 Å². The van der Waals surface area contributed by atoms with E-state index in [0.29, 0.717) is 6.54 Å². The summed E-state index contributed by atoms with van der Waals surface area (Å²) in [5.74, 6) is 0.00470. The molecule has 6 nitrogen and oxygen atoms in total. The van der Waals surface area contributed by atoms with E-state index >= 15 is 0 Å². The van der Waals surface area contributed by atoms with Crippen LogP contribution in [0.5, 0.6) is 0 Å². The summed E-state index contributed by atoms with van der Waals surface area (Å²) in [5.41, 5.74) is 5.20. The fraction of sp³-hybridized carbons (Fsp3) is 0.481. The molecule has 2 aromatic carbocycles. The summed E-state index contributed by atoms with van der Waals surface area (Å²) in [7, 11) is 0. The molecule has 0 radical (unpaired) electrons. The molecule has 0 aliphatic carbocycles. The highest BCUT2D eigenvalue weighted by molar-refractivity contribution is 5.95. The van der Waals surface area contributed by atoms with Gasteiger partial charge in [0.2, 0.25) is 11.8 Å². The molecular weight excluding hydrogens is 412 g/mol. The number of rotatable bonds is 6. The number of hydrogen-bond acceptors (Lipinski definition) is 4. The average molecular weight is 451 g/mol. The lowest BCUT2D eigenvalue weighted by atomic mass is 9.87. The molecule has 178 valence electrons. The van der Waals surface area contributed by atoms with Gasteiger partial charge in [0.25, 0.3) is 0 Å². The van der Waals surface area contributed by atoms with Crippen LogP contribution in [0.2, 0.25) is 0 Å². The van der Waals surface area contributed by atoms with Crippen molar-refractivity contribution in [1.29, 1.82) is 0 Å². The van der Waals surface area contributed by atoms with E-state index in [1.165, 1.54) is 5.56 Å². The number of aryl methyl sites for hydroxylation is 2. The minimum atomic E-state index is -0.224. The second-order valence-corrected chi connectivity index (χ2v) is 10.1. The lowest BCUT2D eigenvalue weighted by Gasteiger charge is -2.37. The zero-order valence-corrected chi connectivity index (χ0v) is 20.9. The van der Waals surface area contributed by atoms with Gasteiger partial charge in [0, 0.05) is 37.6 Å². The molecular formula is C27H38N4O2. The van der Waals surface area contributed by atoms with Gasteiger partial charge >= 0.3 is 0 Å². The topological polar surface area (TPSA) is 64.7 Å². The van der Waals surface area contributed by atoms with Crippen molar-refractivity contribution in [2.24, 2.45) is 0 Å². The third-order valence-corrected chi connectivity index (χ3v) is 6.47. The molecule has 0 bridgehead atoms. The van der Waals surface area contributed by atoms with Crippen LogP contribution < -0.4 is 10.6 Å². The predicted octanol–water partition coefficient (Wildman–Crippen LogP) is 4.18. The Kier molecular flexibility index (Phi) is 7.92. The van der Waals surface area contributed by atoms with E-state index in [9.17, 15) is 9.59 Å². The van der Waals surface area contributed by atoms with E-state index < -0.39 is 0 Å². The first-order valence-electron chi connectivity index (χ1n) is 11.8. The van der Waals surface area contributed by atoms with Gasteiger partial charge in [0.05, 0.1) is 12.6 Å². The maximum atomic E-state index is 12.8. The maximum Gasteiger partial charge on any atom is 0.241 e. The van der Waals surface area contributed by atoms with E-state index in [2.05, 4.69) is 53.3 Å². The van der Waals surface area contributed by atoms with Gasteiger partial charge < -0.3 is 10.6 Å². The van der Waals surface area contributed by atoms with Crippen LogP contribution in [0.15, 0.2) is 42.5 Å². The third-order valence-electron chi connectivity index (χ3n) is 6.47. The SMILES string of the molecule is Cc1cccc(C)c1NC(=O)CN1CCN([C@@H](C)C(=O)Nc2ccc(C(C)(C)C)cc2)CC1. The predicted molar refractivity (Wildman–Crippen MR) is 136 cm³/mol. The lowest BCUT2D eigenvalue weighted by Crippen LogP contribution is -2.53. The lowest BCUT2D eigenvalue weighted by molar-refractivity contribution is -0.122. The van der Waals surface area contributed by atoms with Crippen molar-refractivity contribution >= 4 is 23.2 Å². The fourth-order valence-electron chi connectivity index (χ4n) is 4.17. The first kappa shape index (κ1) is 24.9. The number of anilines is 2. The summed E-state index contributed by atoms with van der Waals surface area (Å²) in [6, 6.07) is 13.9. The fourth-order valence-corrected chi connectivity index (χ4v) is 4.17. The average Bonchev–Trinajstić information content (AvgIpc) is 2.76. The van der Waals surface area contributed by atoms with Crippen LogP contribution >= 0.6 is 0 Å². The Balaban J connectivity index is 1.46. The van der Waals surface area contributed by atoms with Crippen molar-refractivity contribution in [2.45, 2.75) is 53.0 Å². The summed E-state index contributed by atoms with van der Waals surface area (Å²) in [6.07, 6.45) is 0. The van der Waals surface area contributed by atoms with Crippen LogP contribution in [0.1, 0.15) is 44.4 Å². The van der Waals surface area contributed by atoms with Crippen LogP contribution in [0.25, 0.3) is 0 Å². The molecule has 33 heavy (non-hydrogen) atoms. The maximum absolute atomic E-state index is 12.8. The van der Waals surface area contributed by atoms with Crippen molar-refractivity contribution in [3.05, 3.63) is 59.2 Å². The van der Waals surface area contributed by atoms with E-state index in [-0.39, 0.29) is 23.3 Å². The van der Waals surface area contributed by atoms with Gasteiger partial charge in [-0.25, -0.2) is 0 Å². The number of piperazine rings is 1. The van der Waals surface area contributed by atoms with E-state index in [4.69, 9.17) is 0 Å². The molecule has 2 aromatic rings. The Bertz CT molecular complexity index is 950. The van der Waals surface area contributed by atoms with Crippen molar-refractivity contribution in [3.8, 4) is 0 Å². The summed E-state index contributed by atoms with van der Waals surface area (Å²) < 4.78 is 0. The Hall–Kier alpha value is -2.70. The quantitative estimate of drug-likeness (QED) is 0.693. The Morgan fingerprint density at radius 2 is 1.48 bits per heavy atom. The standard InChI is InChI=1S/C27H38N4O2/c1-19-8-7-9-20(2)25(19)29-24(32)18-30-14-16-31(17-15-30)21(3)26(33)28-23-12-10-22(11-13-23)27(4,5)6/h7-13,21H,14-18H2,1-6H3,(H,28,33)(H,29,32)/t21-/m0/s1. The van der Waals surface area contributed by atoms with Crippen LogP contribution in [-0.4, -0.2) is 60.4 Å². The van der Waals surface area contributed by atoms with Gasteiger partial charge in [-0.15, -0.1) is 0 Å². The molecule has 6 heteroatoms. The zero-order chi connectivity index (χ0) is 24.2. The highest BCUT2D eigenvalue weighted by atomic mass is 16.2. The van der Waals surface area contributed by atoms with Crippen molar-refractivity contribution in [2.75, 3.05) is 43.4 Å². The minimum Gasteiger partial charge on any atom is -0.325 e. The van der Waals surface area contributed by atoms with Gasteiger partial charge in [-0.1, -0.05) is 51.1 Å². The largest absolute Gasteiger partial charge is 0.325 e. The number of benzene rings is 2. The van der Waals surface area contributed by atoms with Crippen LogP contribution in [0.4, 0.5) is 11.4 Å². The molecule has 0 aromatic heterocycles. The van der Waals surface area contributed by atoms with Gasteiger partial charge in [-0.3, -0.25) is 19.4 Å². The first-order chi connectivity index (χ1) is 15.5. The molecule has 1 atom stereocenters. The van der Waals surface area contributed by atoms with Gasteiger partial charge in [-0.05, 0) is 55.0 Å². The number of para-hydroxylation sites is 1. The normalized spacial score (nSPS) is 16.3. The number of nitrogens with zero attached hydrogens (tertiary/aromatic N) is 2. The molecule has 3 rings (SSSR count). The molecule has 0 saturated carbocycles. The van der Waals surface area contributed by atoms with Crippen LogP contribution in [0, 0.1) is 13.8 Å². The molecule has 1 aliphatic rings. The van der Waals surface area contributed by atoms with Crippen LogP contribution in [0.3, 0.4) is 0 Å².